The molecule has 0 spiro atoms. The molecule has 0 saturated carbocycles. The quantitative estimate of drug-likeness (QED) is 0.511. The van der Waals surface area contributed by atoms with Gasteiger partial charge < -0.3 is 15.3 Å². The molecule has 0 saturated heterocycles. The summed E-state index contributed by atoms with van der Waals surface area (Å²) in [6.07, 6.45) is 4.78. The largest absolute Gasteiger partial charge is 0.501 e. The van der Waals surface area contributed by atoms with E-state index < -0.39 is 40.3 Å². The predicted octanol–water partition coefficient (Wildman–Crippen LogP) is 1.40. The van der Waals surface area contributed by atoms with Crippen molar-refractivity contribution in [1.29, 1.82) is 10.5 Å². The van der Waals surface area contributed by atoms with Gasteiger partial charge in [-0.15, -0.1) is 0 Å². The lowest BCUT2D eigenvalue weighted by Crippen LogP contribution is -2.49. The predicted molar refractivity (Wildman–Crippen MR) is 131 cm³/mol. The van der Waals surface area contributed by atoms with Crippen LogP contribution < -0.4 is 10.9 Å². The molecule has 3 heterocycles. The van der Waals surface area contributed by atoms with Crippen molar-refractivity contribution in [3.63, 3.8) is 0 Å². The first kappa shape index (κ1) is 25.1. The molecule has 0 fully saturated rings. The molecule has 0 aliphatic carbocycles. The fourth-order valence-electron chi connectivity index (χ4n) is 4.47. The molecule has 0 radical (unpaired) electrons. The van der Waals surface area contributed by atoms with Crippen molar-refractivity contribution in [3.05, 3.63) is 74.7 Å². The average molecular weight is 501 g/mol. The van der Waals surface area contributed by atoms with Crippen LogP contribution in [0.4, 0.5) is 0 Å². The summed E-state index contributed by atoms with van der Waals surface area (Å²) in [7, 11) is 3.17. The van der Waals surface area contributed by atoms with Crippen LogP contribution in [0.25, 0.3) is 0 Å². The molecule has 1 aromatic carbocycles. The van der Waals surface area contributed by atoms with Gasteiger partial charge in [0.25, 0.3) is 11.5 Å². The number of benzene rings is 1. The van der Waals surface area contributed by atoms with Gasteiger partial charge in [-0.05, 0) is 30.2 Å². The number of rotatable bonds is 6. The van der Waals surface area contributed by atoms with E-state index in [0.717, 1.165) is 4.57 Å². The highest BCUT2D eigenvalue weighted by Crippen LogP contribution is 2.40. The Morgan fingerprint density at radius 3 is 2.49 bits per heavy atom. The number of carbonyl (C=O) groups excluding carboxylic acids is 1. The first-order valence-electron chi connectivity index (χ1n) is 11.3. The third-order valence-electron chi connectivity index (χ3n) is 6.34. The van der Waals surface area contributed by atoms with Crippen molar-refractivity contribution < 1.29 is 14.7 Å². The van der Waals surface area contributed by atoms with Crippen LogP contribution in [-0.4, -0.2) is 48.7 Å². The molecule has 2 N–H and O–H groups in total. The highest BCUT2D eigenvalue weighted by Gasteiger charge is 2.35. The fourth-order valence-corrected chi connectivity index (χ4v) is 4.47. The van der Waals surface area contributed by atoms with Gasteiger partial charge in [0.15, 0.2) is 5.69 Å². The van der Waals surface area contributed by atoms with E-state index in [1.807, 2.05) is 0 Å². The summed E-state index contributed by atoms with van der Waals surface area (Å²) in [5, 5.41) is 40.8. The van der Waals surface area contributed by atoms with Crippen molar-refractivity contribution in [2.45, 2.75) is 31.2 Å². The first-order valence-corrected chi connectivity index (χ1v) is 11.3. The van der Waals surface area contributed by atoms with Crippen LogP contribution in [0.1, 0.15) is 64.2 Å². The molecule has 188 valence electrons. The number of oxime groups is 1. The molecule has 2 aromatic heterocycles. The molecule has 1 aliphatic heterocycles. The maximum absolute atomic E-state index is 13.1. The Kier molecular flexibility index (Phi) is 6.51. The third-order valence-corrected chi connectivity index (χ3v) is 6.34. The zero-order chi connectivity index (χ0) is 26.9. The molecule has 37 heavy (non-hydrogen) atoms. The van der Waals surface area contributed by atoms with Crippen molar-refractivity contribution >= 4 is 12.1 Å². The summed E-state index contributed by atoms with van der Waals surface area (Å²) in [6.45, 7) is 3.52. The molecule has 3 aromatic rings. The van der Waals surface area contributed by atoms with Gasteiger partial charge in [-0.1, -0.05) is 18.1 Å². The highest BCUT2D eigenvalue weighted by molar-refractivity contribution is 5.97. The molecule has 1 aliphatic rings. The van der Waals surface area contributed by atoms with Gasteiger partial charge in [-0.3, -0.25) is 18.8 Å². The molecule has 3 unspecified atom stereocenters. The van der Waals surface area contributed by atoms with E-state index in [9.17, 15) is 25.2 Å². The van der Waals surface area contributed by atoms with E-state index in [1.165, 1.54) is 13.3 Å². The third kappa shape index (κ3) is 4.52. The van der Waals surface area contributed by atoms with Crippen LogP contribution in [-0.2, 0) is 18.9 Å². The number of nitrogens with one attached hydrogen (secondary N) is 1. The number of nitriles is 2. The van der Waals surface area contributed by atoms with Crippen LogP contribution in [0, 0.1) is 22.7 Å². The lowest BCUT2D eigenvalue weighted by atomic mass is 9.78. The van der Waals surface area contributed by atoms with Crippen molar-refractivity contribution in [1.82, 2.24) is 24.6 Å². The van der Waals surface area contributed by atoms with Gasteiger partial charge in [0.2, 0.25) is 5.75 Å². The fraction of sp³-hybridized carbons (Fsp3) is 0.320. The topological polar surface area (TPSA) is 171 Å². The Bertz CT molecular complexity index is 1530. The van der Waals surface area contributed by atoms with Crippen molar-refractivity contribution in [2.24, 2.45) is 19.3 Å². The number of aryl methyl sites for hydroxylation is 1. The zero-order valence-electron chi connectivity index (χ0n) is 20.6. The van der Waals surface area contributed by atoms with E-state index in [1.54, 1.807) is 56.2 Å². The normalized spacial score (nSPS) is 17.9. The van der Waals surface area contributed by atoms with E-state index in [0.29, 0.717) is 11.1 Å². The Morgan fingerprint density at radius 2 is 1.95 bits per heavy atom. The second-order valence-corrected chi connectivity index (χ2v) is 9.12. The van der Waals surface area contributed by atoms with E-state index in [2.05, 4.69) is 32.7 Å². The summed E-state index contributed by atoms with van der Waals surface area (Å²) in [5.41, 5.74) is -0.510. The number of carbonyl (C=O) groups is 1. The van der Waals surface area contributed by atoms with E-state index in [-0.39, 0.29) is 23.6 Å². The standard InChI is InChI=1S/C25H24N8O4/c1-14(18(17-10-28-32(3)11-17)19-15(8-26)6-5-7-16(19)9-27)22-30-20(21(34)24(36)33(22)4)23(35)31-25(2)12-29-37-13-25/h5-7,10-12,14,18,34H,13H2,1-4H3,(H,31,35). The minimum Gasteiger partial charge on any atom is -0.501 e. The molecule has 12 heteroatoms. The lowest BCUT2D eigenvalue weighted by Gasteiger charge is -2.27. The Hall–Kier alpha value is -4.97. The summed E-state index contributed by atoms with van der Waals surface area (Å²) < 4.78 is 2.74. The molecule has 4 rings (SSSR count). The van der Waals surface area contributed by atoms with Crippen molar-refractivity contribution in [3.8, 4) is 17.9 Å². The molecular weight excluding hydrogens is 476 g/mol. The number of aromatic hydroxyl groups is 1. The molecular formula is C25H24N8O4. The number of amides is 1. The summed E-state index contributed by atoms with van der Waals surface area (Å²) in [6, 6.07) is 9.14. The smallest absolute Gasteiger partial charge is 0.296 e. The Labute approximate surface area is 212 Å². The van der Waals surface area contributed by atoms with E-state index in [4.69, 9.17) is 4.84 Å². The Morgan fingerprint density at radius 1 is 1.27 bits per heavy atom. The number of aromatic nitrogens is 4. The molecule has 0 bridgehead atoms. The van der Waals surface area contributed by atoms with Crippen LogP contribution in [0.15, 0.2) is 40.5 Å². The Balaban J connectivity index is 1.89. The average Bonchev–Trinajstić information content (AvgIpc) is 3.50. The second kappa shape index (κ2) is 9.59. The first-order chi connectivity index (χ1) is 17.6. The number of hydrogen-bond donors (Lipinski definition) is 2. The van der Waals surface area contributed by atoms with Crippen LogP contribution in [0.2, 0.25) is 0 Å². The van der Waals surface area contributed by atoms with Gasteiger partial charge in [0.05, 0.1) is 35.7 Å². The SMILES string of the molecule is CC(c1nc(C(=O)NC2(C)C=NOC2)c(O)c(=O)n1C)C(c1cnn(C)c1)c1c(C#N)cccc1C#N. The number of nitrogens with zero attached hydrogens (tertiary/aromatic N) is 7. The molecule has 12 nitrogen and oxygen atoms in total. The zero-order valence-corrected chi connectivity index (χ0v) is 20.6. The summed E-state index contributed by atoms with van der Waals surface area (Å²) in [5.74, 6) is -2.69. The monoisotopic (exact) mass is 500 g/mol. The minimum absolute atomic E-state index is 0.0819. The van der Waals surface area contributed by atoms with Crippen LogP contribution in [0.5, 0.6) is 5.75 Å². The molecule has 1 amide bonds. The van der Waals surface area contributed by atoms with Gasteiger partial charge in [-0.25, -0.2) is 4.98 Å². The second-order valence-electron chi connectivity index (χ2n) is 9.12. The van der Waals surface area contributed by atoms with Crippen LogP contribution in [0.3, 0.4) is 0 Å². The maximum atomic E-state index is 13.1. The van der Waals surface area contributed by atoms with Gasteiger partial charge >= 0.3 is 0 Å². The summed E-state index contributed by atoms with van der Waals surface area (Å²) >= 11 is 0. The molecule has 3 atom stereocenters. The lowest BCUT2D eigenvalue weighted by molar-refractivity contribution is 0.0869. The maximum Gasteiger partial charge on any atom is 0.296 e. The summed E-state index contributed by atoms with van der Waals surface area (Å²) in [4.78, 5) is 35.5. The number of hydrogen-bond acceptors (Lipinski definition) is 9. The van der Waals surface area contributed by atoms with Gasteiger partial charge in [0.1, 0.15) is 18.0 Å². The van der Waals surface area contributed by atoms with Gasteiger partial charge in [-0.2, -0.15) is 15.6 Å². The van der Waals surface area contributed by atoms with Gasteiger partial charge in [0, 0.05) is 32.1 Å². The van der Waals surface area contributed by atoms with Crippen LogP contribution >= 0.6 is 0 Å². The van der Waals surface area contributed by atoms with Crippen molar-refractivity contribution in [2.75, 3.05) is 6.61 Å². The highest BCUT2D eigenvalue weighted by atomic mass is 16.6. The van der Waals surface area contributed by atoms with E-state index >= 15 is 0 Å². The minimum atomic E-state index is -0.941.